The van der Waals surface area contributed by atoms with Crippen LogP contribution in [0.1, 0.15) is 32.3 Å². The number of likely N-dealkylation sites (tertiary alicyclic amines) is 1. The molecule has 1 N–H and O–H groups in total. The van der Waals surface area contributed by atoms with Crippen molar-refractivity contribution in [1.29, 1.82) is 0 Å². The Labute approximate surface area is 166 Å². The highest BCUT2D eigenvalue weighted by molar-refractivity contribution is 5.91. The fraction of sp³-hybridized carbons (Fsp3) is 0.571. The van der Waals surface area contributed by atoms with Crippen LogP contribution in [0.25, 0.3) is 0 Å². The van der Waals surface area contributed by atoms with Gasteiger partial charge in [0.2, 0.25) is 17.7 Å². The van der Waals surface area contributed by atoms with Crippen LogP contribution in [0.5, 0.6) is 0 Å². The van der Waals surface area contributed by atoms with Gasteiger partial charge < -0.3 is 20.0 Å². The van der Waals surface area contributed by atoms with E-state index in [2.05, 4.69) is 10.2 Å². The largest absolute Gasteiger partial charge is 0.339 e. The maximum Gasteiger partial charge on any atom is 0.227 e. The van der Waals surface area contributed by atoms with E-state index in [1.54, 1.807) is 6.92 Å². The Morgan fingerprint density at radius 2 is 1.75 bits per heavy atom. The SMILES string of the molecule is CC(=O)Nc1ccccc1CC(=O)N1CCN(C(C)=O)C[C@H]1CN1CCCC1. The molecule has 28 heavy (non-hydrogen) atoms. The third-order valence-electron chi connectivity index (χ3n) is 5.59. The molecule has 7 heteroatoms. The predicted octanol–water partition coefficient (Wildman–Crippen LogP) is 1.34. The number of amides is 3. The van der Waals surface area contributed by atoms with Gasteiger partial charge in [0.05, 0.1) is 12.5 Å². The number of carbonyl (C=O) groups is 3. The van der Waals surface area contributed by atoms with Crippen molar-refractivity contribution in [3.63, 3.8) is 0 Å². The number of rotatable bonds is 5. The molecule has 7 nitrogen and oxygen atoms in total. The minimum Gasteiger partial charge on any atom is -0.339 e. The summed E-state index contributed by atoms with van der Waals surface area (Å²) in [4.78, 5) is 42.6. The molecule has 0 radical (unpaired) electrons. The van der Waals surface area contributed by atoms with E-state index < -0.39 is 0 Å². The monoisotopic (exact) mass is 386 g/mol. The molecule has 3 rings (SSSR count). The number of para-hydroxylation sites is 1. The van der Waals surface area contributed by atoms with Crippen LogP contribution in [0.15, 0.2) is 24.3 Å². The summed E-state index contributed by atoms with van der Waals surface area (Å²) < 4.78 is 0. The van der Waals surface area contributed by atoms with Gasteiger partial charge >= 0.3 is 0 Å². The van der Waals surface area contributed by atoms with Gasteiger partial charge in [-0.05, 0) is 37.6 Å². The molecular weight excluding hydrogens is 356 g/mol. The van der Waals surface area contributed by atoms with Crippen LogP contribution in [0.3, 0.4) is 0 Å². The Hall–Kier alpha value is -2.41. The number of piperazine rings is 1. The van der Waals surface area contributed by atoms with Crippen molar-refractivity contribution in [2.45, 2.75) is 39.2 Å². The first-order valence-electron chi connectivity index (χ1n) is 10.1. The second-order valence-electron chi connectivity index (χ2n) is 7.73. The maximum atomic E-state index is 13.2. The molecule has 1 aromatic rings. The molecule has 2 saturated heterocycles. The lowest BCUT2D eigenvalue weighted by atomic mass is 10.1. The third-order valence-corrected chi connectivity index (χ3v) is 5.59. The summed E-state index contributed by atoms with van der Waals surface area (Å²) in [6, 6.07) is 7.44. The highest BCUT2D eigenvalue weighted by atomic mass is 16.2. The summed E-state index contributed by atoms with van der Waals surface area (Å²) in [6.45, 7) is 7.70. The van der Waals surface area contributed by atoms with Crippen LogP contribution in [-0.2, 0) is 20.8 Å². The highest BCUT2D eigenvalue weighted by Crippen LogP contribution is 2.20. The standard InChI is InChI=1S/C21H30N4O3/c1-16(26)22-20-8-4-3-7-18(20)13-21(28)25-12-11-24(17(2)27)15-19(25)14-23-9-5-6-10-23/h3-4,7-8,19H,5-6,9-15H2,1-2H3,(H,22,26)/t19-/m1/s1. The fourth-order valence-corrected chi connectivity index (χ4v) is 4.14. The van der Waals surface area contributed by atoms with Crippen molar-refractivity contribution in [2.75, 3.05) is 44.6 Å². The minimum absolute atomic E-state index is 0.0104. The Morgan fingerprint density at radius 1 is 1.04 bits per heavy atom. The summed E-state index contributed by atoms with van der Waals surface area (Å²) in [6.07, 6.45) is 2.63. The van der Waals surface area contributed by atoms with E-state index in [4.69, 9.17) is 0 Å². The number of nitrogens with zero attached hydrogens (tertiary/aromatic N) is 3. The van der Waals surface area contributed by atoms with E-state index in [0.29, 0.717) is 25.3 Å². The van der Waals surface area contributed by atoms with Crippen molar-refractivity contribution in [2.24, 2.45) is 0 Å². The molecular formula is C21H30N4O3. The number of carbonyl (C=O) groups excluding carboxylic acids is 3. The van der Waals surface area contributed by atoms with Crippen LogP contribution in [-0.4, -0.2) is 77.7 Å². The fourth-order valence-electron chi connectivity index (χ4n) is 4.14. The maximum absolute atomic E-state index is 13.2. The number of benzene rings is 1. The Kier molecular flexibility index (Phi) is 6.67. The molecule has 0 saturated carbocycles. The quantitative estimate of drug-likeness (QED) is 0.829. The summed E-state index contributed by atoms with van der Waals surface area (Å²) >= 11 is 0. The first-order chi connectivity index (χ1) is 13.4. The van der Waals surface area contributed by atoms with Gasteiger partial charge in [0, 0.05) is 45.7 Å². The number of hydrogen-bond acceptors (Lipinski definition) is 4. The van der Waals surface area contributed by atoms with Gasteiger partial charge in [-0.2, -0.15) is 0 Å². The number of anilines is 1. The van der Waals surface area contributed by atoms with Gasteiger partial charge in [-0.3, -0.25) is 14.4 Å². The molecule has 1 atom stereocenters. The van der Waals surface area contributed by atoms with Crippen molar-refractivity contribution in [3.05, 3.63) is 29.8 Å². The van der Waals surface area contributed by atoms with Gasteiger partial charge in [-0.25, -0.2) is 0 Å². The van der Waals surface area contributed by atoms with Crippen molar-refractivity contribution in [3.8, 4) is 0 Å². The number of nitrogens with one attached hydrogen (secondary N) is 1. The zero-order valence-corrected chi connectivity index (χ0v) is 16.8. The minimum atomic E-state index is -0.151. The molecule has 0 aromatic heterocycles. The third kappa shape index (κ3) is 5.10. The molecule has 152 valence electrons. The first-order valence-corrected chi connectivity index (χ1v) is 10.1. The molecule has 3 amide bonds. The molecule has 2 aliphatic heterocycles. The molecule has 0 unspecified atom stereocenters. The molecule has 2 aliphatic rings. The van der Waals surface area contributed by atoms with E-state index >= 15 is 0 Å². The van der Waals surface area contributed by atoms with Gasteiger partial charge in [-0.1, -0.05) is 18.2 Å². The number of hydrogen-bond donors (Lipinski definition) is 1. The van der Waals surface area contributed by atoms with Gasteiger partial charge in [0.1, 0.15) is 0 Å². The van der Waals surface area contributed by atoms with Crippen molar-refractivity contribution >= 4 is 23.4 Å². The lowest BCUT2D eigenvalue weighted by Gasteiger charge is -2.42. The average Bonchev–Trinajstić information content (AvgIpc) is 3.15. The van der Waals surface area contributed by atoms with E-state index in [1.807, 2.05) is 34.1 Å². The lowest BCUT2D eigenvalue weighted by molar-refractivity contribution is -0.142. The zero-order valence-electron chi connectivity index (χ0n) is 16.8. The lowest BCUT2D eigenvalue weighted by Crippen LogP contribution is -2.59. The van der Waals surface area contributed by atoms with Crippen LogP contribution in [0.4, 0.5) is 5.69 Å². The topological polar surface area (TPSA) is 73.0 Å². The van der Waals surface area contributed by atoms with Crippen LogP contribution in [0.2, 0.25) is 0 Å². The van der Waals surface area contributed by atoms with Gasteiger partial charge in [0.15, 0.2) is 0 Å². The van der Waals surface area contributed by atoms with Crippen LogP contribution >= 0.6 is 0 Å². The van der Waals surface area contributed by atoms with E-state index in [9.17, 15) is 14.4 Å². The molecule has 2 heterocycles. The summed E-state index contributed by atoms with van der Waals surface area (Å²) in [5, 5.41) is 2.80. The van der Waals surface area contributed by atoms with E-state index in [1.165, 1.54) is 19.8 Å². The van der Waals surface area contributed by atoms with Gasteiger partial charge in [-0.15, -0.1) is 0 Å². The Morgan fingerprint density at radius 3 is 2.43 bits per heavy atom. The smallest absolute Gasteiger partial charge is 0.227 e. The highest BCUT2D eigenvalue weighted by Gasteiger charge is 2.33. The predicted molar refractivity (Wildman–Crippen MR) is 108 cm³/mol. The van der Waals surface area contributed by atoms with Crippen molar-refractivity contribution in [1.82, 2.24) is 14.7 Å². The normalized spacial score (nSPS) is 20.3. The van der Waals surface area contributed by atoms with E-state index in [-0.39, 0.29) is 30.2 Å². The molecule has 0 spiro atoms. The molecule has 0 bridgehead atoms. The Balaban J connectivity index is 1.72. The molecule has 0 aliphatic carbocycles. The summed E-state index contributed by atoms with van der Waals surface area (Å²) in [7, 11) is 0. The van der Waals surface area contributed by atoms with Gasteiger partial charge in [0.25, 0.3) is 0 Å². The summed E-state index contributed by atoms with van der Waals surface area (Å²) in [5.41, 5.74) is 1.50. The molecule has 2 fully saturated rings. The van der Waals surface area contributed by atoms with Crippen molar-refractivity contribution < 1.29 is 14.4 Å². The van der Waals surface area contributed by atoms with E-state index in [0.717, 1.165) is 25.2 Å². The Bertz CT molecular complexity index is 730. The molecule has 1 aromatic carbocycles. The van der Waals surface area contributed by atoms with Crippen LogP contribution in [0, 0.1) is 0 Å². The zero-order chi connectivity index (χ0) is 20.1. The average molecular weight is 386 g/mol. The first kappa shape index (κ1) is 20.3. The van der Waals surface area contributed by atoms with Crippen LogP contribution < -0.4 is 5.32 Å². The second kappa shape index (κ2) is 9.19. The summed E-state index contributed by atoms with van der Waals surface area (Å²) in [5.74, 6) is -0.0402. The second-order valence-corrected chi connectivity index (χ2v) is 7.73.